The van der Waals surface area contributed by atoms with Gasteiger partial charge < -0.3 is 10.1 Å². The molecule has 0 saturated carbocycles. The second-order valence-corrected chi connectivity index (χ2v) is 5.49. The van der Waals surface area contributed by atoms with Gasteiger partial charge in [-0.15, -0.1) is 0 Å². The number of epoxide rings is 1. The average molecular weight is 233 g/mol. The Kier molecular flexibility index (Phi) is 3.20. The van der Waals surface area contributed by atoms with Crippen molar-refractivity contribution in [3.05, 3.63) is 35.4 Å². The Morgan fingerprint density at radius 2 is 1.94 bits per heavy atom. The minimum Gasteiger partial charge on any atom is -0.371 e. The van der Waals surface area contributed by atoms with Gasteiger partial charge in [-0.05, 0) is 23.1 Å². The fourth-order valence-corrected chi connectivity index (χ4v) is 1.62. The van der Waals surface area contributed by atoms with Crippen molar-refractivity contribution in [3.8, 4) is 0 Å². The minimum absolute atomic E-state index is 0.0269. The highest BCUT2D eigenvalue weighted by molar-refractivity contribution is 5.94. The zero-order valence-corrected chi connectivity index (χ0v) is 10.6. The van der Waals surface area contributed by atoms with Gasteiger partial charge in [0.1, 0.15) is 0 Å². The Labute approximate surface area is 102 Å². The molecule has 1 atom stereocenters. The second kappa shape index (κ2) is 4.49. The summed E-state index contributed by atoms with van der Waals surface area (Å²) in [5.41, 5.74) is 2.06. The predicted octanol–water partition coefficient (Wildman–Crippen LogP) is 2.11. The fraction of sp³-hybridized carbons (Fsp3) is 0.500. The van der Waals surface area contributed by atoms with Crippen molar-refractivity contribution < 1.29 is 9.53 Å². The van der Waals surface area contributed by atoms with Crippen molar-refractivity contribution >= 4 is 5.91 Å². The smallest absolute Gasteiger partial charge is 0.251 e. The summed E-state index contributed by atoms with van der Waals surface area (Å²) in [7, 11) is 0. The minimum atomic E-state index is -0.0269. The van der Waals surface area contributed by atoms with Gasteiger partial charge >= 0.3 is 0 Å². The maximum atomic E-state index is 11.8. The van der Waals surface area contributed by atoms with Gasteiger partial charge in [0.25, 0.3) is 5.91 Å². The Morgan fingerprint density at radius 1 is 1.35 bits per heavy atom. The van der Waals surface area contributed by atoms with Gasteiger partial charge in [-0.2, -0.15) is 0 Å². The van der Waals surface area contributed by atoms with Crippen LogP contribution in [0, 0.1) is 0 Å². The van der Waals surface area contributed by atoms with Crippen LogP contribution in [0.1, 0.15) is 36.7 Å². The van der Waals surface area contributed by atoms with E-state index in [-0.39, 0.29) is 17.4 Å². The Balaban J connectivity index is 1.98. The van der Waals surface area contributed by atoms with Gasteiger partial charge in [0.05, 0.1) is 12.7 Å². The lowest BCUT2D eigenvalue weighted by molar-refractivity contribution is 0.0950. The van der Waals surface area contributed by atoms with E-state index in [1.54, 1.807) is 0 Å². The van der Waals surface area contributed by atoms with Gasteiger partial charge in [0.15, 0.2) is 0 Å². The molecule has 1 aliphatic heterocycles. The fourth-order valence-electron chi connectivity index (χ4n) is 1.62. The van der Waals surface area contributed by atoms with Crippen molar-refractivity contribution in [1.82, 2.24) is 5.32 Å². The molecule has 17 heavy (non-hydrogen) atoms. The molecule has 0 bridgehead atoms. The van der Waals surface area contributed by atoms with E-state index in [1.807, 2.05) is 24.3 Å². The van der Waals surface area contributed by atoms with Crippen LogP contribution in [0.2, 0.25) is 0 Å². The molecule has 0 aliphatic carbocycles. The van der Waals surface area contributed by atoms with E-state index in [9.17, 15) is 4.79 Å². The number of hydrogen-bond donors (Lipinski definition) is 1. The predicted molar refractivity (Wildman–Crippen MR) is 67.2 cm³/mol. The molecular weight excluding hydrogens is 214 g/mol. The summed E-state index contributed by atoms with van der Waals surface area (Å²) in [5.74, 6) is -0.0269. The second-order valence-electron chi connectivity index (χ2n) is 5.49. The third kappa shape index (κ3) is 3.30. The first-order valence-electron chi connectivity index (χ1n) is 5.97. The molecule has 1 saturated heterocycles. The Bertz CT molecular complexity index is 399. The monoisotopic (exact) mass is 233 g/mol. The number of amides is 1. The maximum Gasteiger partial charge on any atom is 0.251 e. The summed E-state index contributed by atoms with van der Waals surface area (Å²) >= 11 is 0. The number of benzene rings is 1. The average Bonchev–Trinajstić information content (AvgIpc) is 3.09. The van der Waals surface area contributed by atoms with Crippen LogP contribution in [-0.4, -0.2) is 25.2 Å². The van der Waals surface area contributed by atoms with E-state index < -0.39 is 0 Å². The van der Waals surface area contributed by atoms with Gasteiger partial charge in [0, 0.05) is 12.1 Å². The summed E-state index contributed by atoms with van der Waals surface area (Å²) in [6, 6.07) is 7.79. The first-order chi connectivity index (χ1) is 7.97. The van der Waals surface area contributed by atoms with Crippen molar-refractivity contribution in [2.75, 3.05) is 13.2 Å². The van der Waals surface area contributed by atoms with Crippen LogP contribution in [0.4, 0.5) is 0 Å². The molecule has 1 heterocycles. The summed E-state index contributed by atoms with van der Waals surface area (Å²) in [5, 5.41) is 2.86. The van der Waals surface area contributed by atoms with E-state index in [2.05, 4.69) is 26.1 Å². The Hall–Kier alpha value is -1.35. The molecule has 0 spiro atoms. The summed E-state index contributed by atoms with van der Waals surface area (Å²) in [6.07, 6.45) is 0.229. The molecule has 1 aromatic rings. The van der Waals surface area contributed by atoms with E-state index in [0.29, 0.717) is 12.1 Å². The lowest BCUT2D eigenvalue weighted by atomic mass is 9.87. The van der Waals surface area contributed by atoms with E-state index in [0.717, 1.165) is 6.61 Å². The highest BCUT2D eigenvalue weighted by Crippen LogP contribution is 2.22. The van der Waals surface area contributed by atoms with Crippen LogP contribution in [0.15, 0.2) is 24.3 Å². The molecule has 1 aliphatic rings. The maximum absolute atomic E-state index is 11.8. The molecule has 1 fully saturated rings. The van der Waals surface area contributed by atoms with Crippen molar-refractivity contribution in [2.24, 2.45) is 0 Å². The van der Waals surface area contributed by atoms with Crippen LogP contribution in [0.25, 0.3) is 0 Å². The van der Waals surface area contributed by atoms with Crippen LogP contribution < -0.4 is 5.32 Å². The third-order valence-corrected chi connectivity index (χ3v) is 2.91. The van der Waals surface area contributed by atoms with Crippen molar-refractivity contribution in [3.63, 3.8) is 0 Å². The van der Waals surface area contributed by atoms with Gasteiger partial charge in [-0.3, -0.25) is 4.79 Å². The molecule has 2 rings (SSSR count). The van der Waals surface area contributed by atoms with Gasteiger partial charge in [-0.1, -0.05) is 32.9 Å². The SMILES string of the molecule is CC(C)(C)c1ccc(C(=O)NC[C@H]2CO2)cc1. The molecule has 1 amide bonds. The molecule has 0 aromatic heterocycles. The number of rotatable bonds is 3. The van der Waals surface area contributed by atoms with Crippen LogP contribution >= 0.6 is 0 Å². The molecule has 1 aromatic carbocycles. The summed E-state index contributed by atoms with van der Waals surface area (Å²) in [6.45, 7) is 7.86. The molecule has 1 N–H and O–H groups in total. The largest absolute Gasteiger partial charge is 0.371 e. The first-order valence-corrected chi connectivity index (χ1v) is 5.97. The third-order valence-electron chi connectivity index (χ3n) is 2.91. The lowest BCUT2D eigenvalue weighted by Gasteiger charge is -2.19. The van der Waals surface area contributed by atoms with Crippen LogP contribution in [0.5, 0.6) is 0 Å². The van der Waals surface area contributed by atoms with Gasteiger partial charge in [-0.25, -0.2) is 0 Å². The van der Waals surface area contributed by atoms with Crippen LogP contribution in [0.3, 0.4) is 0 Å². The highest BCUT2D eigenvalue weighted by Gasteiger charge is 2.23. The number of ether oxygens (including phenoxy) is 1. The van der Waals surface area contributed by atoms with Crippen molar-refractivity contribution in [2.45, 2.75) is 32.3 Å². The quantitative estimate of drug-likeness (QED) is 0.812. The number of carbonyl (C=O) groups is 1. The highest BCUT2D eigenvalue weighted by atomic mass is 16.6. The normalized spacial score (nSPS) is 18.9. The van der Waals surface area contributed by atoms with E-state index >= 15 is 0 Å². The molecule has 0 unspecified atom stereocenters. The molecule has 0 radical (unpaired) electrons. The zero-order valence-electron chi connectivity index (χ0n) is 10.6. The first kappa shape index (κ1) is 12.1. The number of nitrogens with one attached hydrogen (secondary N) is 1. The van der Waals surface area contributed by atoms with E-state index in [4.69, 9.17) is 4.74 Å². The number of hydrogen-bond acceptors (Lipinski definition) is 2. The molecule has 3 heteroatoms. The zero-order chi connectivity index (χ0) is 12.5. The topological polar surface area (TPSA) is 41.6 Å². The van der Waals surface area contributed by atoms with E-state index in [1.165, 1.54) is 5.56 Å². The molecule has 92 valence electrons. The molecule has 3 nitrogen and oxygen atoms in total. The van der Waals surface area contributed by atoms with Gasteiger partial charge in [0.2, 0.25) is 0 Å². The lowest BCUT2D eigenvalue weighted by Crippen LogP contribution is -2.27. The molecular formula is C14H19NO2. The summed E-state index contributed by atoms with van der Waals surface area (Å²) in [4.78, 5) is 11.8. The summed E-state index contributed by atoms with van der Waals surface area (Å²) < 4.78 is 5.04. The van der Waals surface area contributed by atoms with Crippen LogP contribution in [-0.2, 0) is 10.2 Å². The Morgan fingerprint density at radius 3 is 2.41 bits per heavy atom. The number of carbonyl (C=O) groups excluding carboxylic acids is 1. The van der Waals surface area contributed by atoms with Crippen molar-refractivity contribution in [1.29, 1.82) is 0 Å². The standard InChI is InChI=1S/C14H19NO2/c1-14(2,3)11-6-4-10(5-7-11)13(16)15-8-12-9-17-12/h4-7,12H,8-9H2,1-3H3,(H,15,16)/t12-/m0/s1.